The van der Waals surface area contributed by atoms with Gasteiger partial charge in [0.2, 0.25) is 0 Å². The molecule has 0 heterocycles. The molecule has 0 aromatic carbocycles. The molecule has 0 aromatic heterocycles. The van der Waals surface area contributed by atoms with Crippen LogP contribution in [0, 0.1) is 0 Å². The topological polar surface area (TPSA) is 26.3 Å². The molecule has 0 radical (unpaired) electrons. The predicted octanol–water partition coefficient (Wildman–Crippen LogP) is 12.8. The van der Waals surface area contributed by atoms with Gasteiger partial charge in [-0.15, -0.1) is 0 Å². The van der Waals surface area contributed by atoms with Crippen LogP contribution in [0.25, 0.3) is 0 Å². The van der Waals surface area contributed by atoms with E-state index in [-0.39, 0.29) is 5.97 Å². The second kappa shape index (κ2) is 34.2. The molecule has 2 heteroatoms. The van der Waals surface area contributed by atoms with E-state index in [1.807, 2.05) is 0 Å². The van der Waals surface area contributed by atoms with Crippen LogP contribution in [0.3, 0.4) is 0 Å². The van der Waals surface area contributed by atoms with Crippen molar-refractivity contribution >= 4 is 5.97 Å². The molecule has 226 valence electrons. The fourth-order valence-corrected chi connectivity index (χ4v) is 5.25. The molecular weight excluding hydrogens is 464 g/mol. The molecule has 38 heavy (non-hydrogen) atoms. The van der Waals surface area contributed by atoms with Gasteiger partial charge in [0.1, 0.15) is 0 Å². The summed E-state index contributed by atoms with van der Waals surface area (Å²) >= 11 is 0. The van der Waals surface area contributed by atoms with Gasteiger partial charge in [-0.1, -0.05) is 174 Å². The van der Waals surface area contributed by atoms with E-state index in [0.29, 0.717) is 13.0 Å². The van der Waals surface area contributed by atoms with Crippen LogP contribution in [-0.2, 0) is 9.53 Å². The third kappa shape index (κ3) is 33.2. The van der Waals surface area contributed by atoms with Crippen LogP contribution in [0.15, 0.2) is 12.2 Å². The van der Waals surface area contributed by atoms with Crippen molar-refractivity contribution in [2.45, 2.75) is 206 Å². The third-order valence-corrected chi connectivity index (χ3v) is 7.90. The van der Waals surface area contributed by atoms with Crippen molar-refractivity contribution in [1.29, 1.82) is 0 Å². The highest BCUT2D eigenvalue weighted by molar-refractivity contribution is 5.69. The molecule has 0 N–H and O–H groups in total. The second-order valence-electron chi connectivity index (χ2n) is 11.9. The van der Waals surface area contributed by atoms with Gasteiger partial charge in [-0.25, -0.2) is 0 Å². The van der Waals surface area contributed by atoms with Gasteiger partial charge in [0.15, 0.2) is 0 Å². The Balaban J connectivity index is 3.17. The maximum Gasteiger partial charge on any atom is 0.305 e. The summed E-state index contributed by atoms with van der Waals surface area (Å²) in [6, 6.07) is 0. The molecule has 0 aromatic rings. The molecule has 0 saturated heterocycles. The Morgan fingerprint density at radius 2 is 0.737 bits per heavy atom. The minimum Gasteiger partial charge on any atom is -0.466 e. The predicted molar refractivity (Wildman–Crippen MR) is 170 cm³/mol. The zero-order chi connectivity index (χ0) is 27.6. The highest BCUT2D eigenvalue weighted by atomic mass is 16.5. The maximum atomic E-state index is 11.9. The quantitative estimate of drug-likeness (QED) is 0.0487. The molecule has 0 bridgehead atoms. The van der Waals surface area contributed by atoms with E-state index in [1.54, 1.807) is 0 Å². The summed E-state index contributed by atoms with van der Waals surface area (Å²) in [5, 5.41) is 0. The number of carbonyl (C=O) groups excluding carboxylic acids is 1. The van der Waals surface area contributed by atoms with Gasteiger partial charge in [0.05, 0.1) is 6.61 Å². The number of rotatable bonds is 32. The van der Waals surface area contributed by atoms with Crippen molar-refractivity contribution in [3.05, 3.63) is 12.2 Å². The Bertz CT molecular complexity index is 470. The van der Waals surface area contributed by atoms with Crippen molar-refractivity contribution in [2.24, 2.45) is 0 Å². The summed E-state index contributed by atoms with van der Waals surface area (Å²) in [5.41, 5.74) is 0. The average molecular weight is 535 g/mol. The molecule has 0 unspecified atom stereocenters. The number of hydrogen-bond acceptors (Lipinski definition) is 2. The lowest BCUT2D eigenvalue weighted by Crippen LogP contribution is -2.05. The summed E-state index contributed by atoms with van der Waals surface area (Å²) in [6.45, 7) is 5.19. The van der Waals surface area contributed by atoms with Gasteiger partial charge in [-0.05, 0) is 38.5 Å². The first-order valence-corrected chi connectivity index (χ1v) is 17.6. The zero-order valence-corrected chi connectivity index (χ0v) is 26.4. The first-order chi connectivity index (χ1) is 18.8. The van der Waals surface area contributed by atoms with Crippen LogP contribution in [0.2, 0.25) is 0 Å². The van der Waals surface area contributed by atoms with Gasteiger partial charge < -0.3 is 4.74 Å². The molecule has 0 aliphatic heterocycles. The Morgan fingerprint density at radius 3 is 1.13 bits per heavy atom. The lowest BCUT2D eigenvalue weighted by molar-refractivity contribution is -0.143. The zero-order valence-electron chi connectivity index (χ0n) is 26.4. The molecule has 0 aliphatic carbocycles. The van der Waals surface area contributed by atoms with Gasteiger partial charge in [0, 0.05) is 6.42 Å². The molecule has 2 nitrogen and oxygen atoms in total. The Kier molecular flexibility index (Phi) is 33.5. The fourth-order valence-electron chi connectivity index (χ4n) is 5.25. The molecule has 0 aliphatic rings. The largest absolute Gasteiger partial charge is 0.466 e. The van der Waals surface area contributed by atoms with Crippen molar-refractivity contribution in [3.8, 4) is 0 Å². The molecule has 0 amide bonds. The molecule has 0 atom stereocenters. The van der Waals surface area contributed by atoms with Gasteiger partial charge >= 0.3 is 5.97 Å². The maximum absolute atomic E-state index is 11.9. The van der Waals surface area contributed by atoms with E-state index in [0.717, 1.165) is 12.8 Å². The minimum absolute atomic E-state index is 0.0224. The fraction of sp³-hybridized carbons (Fsp3) is 0.917. The van der Waals surface area contributed by atoms with Gasteiger partial charge in [0.25, 0.3) is 0 Å². The number of ether oxygens (including phenoxy) is 1. The summed E-state index contributed by atoms with van der Waals surface area (Å²) in [7, 11) is 0. The summed E-state index contributed by atoms with van der Waals surface area (Å²) in [6.07, 6.45) is 44.1. The van der Waals surface area contributed by atoms with Crippen molar-refractivity contribution in [2.75, 3.05) is 6.61 Å². The number of esters is 1. The van der Waals surface area contributed by atoms with Crippen LogP contribution in [0.4, 0.5) is 0 Å². The minimum atomic E-state index is 0.0224. The highest BCUT2D eigenvalue weighted by Crippen LogP contribution is 2.14. The molecule has 0 rings (SSSR count). The first-order valence-electron chi connectivity index (χ1n) is 17.6. The number of hydrogen-bond donors (Lipinski definition) is 0. The molecule has 0 fully saturated rings. The molecule has 0 saturated carbocycles. The van der Waals surface area contributed by atoms with E-state index >= 15 is 0 Å². The van der Waals surface area contributed by atoms with E-state index in [4.69, 9.17) is 4.74 Å². The standard InChI is InChI=1S/C36H70O2/c1-3-5-7-9-11-13-15-16-17-18-19-20-21-22-23-25-27-29-31-33-35-38-36(37)34-32-30-28-26-24-14-12-10-8-6-4-2/h16-17H,3-15,18-35H2,1-2H3/b17-16-. The van der Waals surface area contributed by atoms with Crippen LogP contribution in [0.1, 0.15) is 206 Å². The van der Waals surface area contributed by atoms with Crippen molar-refractivity contribution in [1.82, 2.24) is 0 Å². The Labute approximate surface area is 240 Å². The monoisotopic (exact) mass is 535 g/mol. The van der Waals surface area contributed by atoms with Crippen LogP contribution in [-0.4, -0.2) is 12.6 Å². The van der Waals surface area contributed by atoms with Crippen LogP contribution < -0.4 is 0 Å². The lowest BCUT2D eigenvalue weighted by Gasteiger charge is -2.06. The van der Waals surface area contributed by atoms with Gasteiger partial charge in [-0.3, -0.25) is 4.79 Å². The molecular formula is C36H70O2. The van der Waals surface area contributed by atoms with E-state index in [2.05, 4.69) is 26.0 Å². The smallest absolute Gasteiger partial charge is 0.305 e. The third-order valence-electron chi connectivity index (χ3n) is 7.90. The highest BCUT2D eigenvalue weighted by Gasteiger charge is 2.02. The first kappa shape index (κ1) is 37.2. The number of allylic oxidation sites excluding steroid dienone is 2. The van der Waals surface area contributed by atoms with Crippen LogP contribution in [0.5, 0.6) is 0 Å². The van der Waals surface area contributed by atoms with E-state index < -0.39 is 0 Å². The number of carbonyl (C=O) groups is 1. The van der Waals surface area contributed by atoms with E-state index in [9.17, 15) is 4.79 Å². The Hall–Kier alpha value is -0.790. The number of unbranched alkanes of at least 4 members (excludes halogenated alkanes) is 26. The summed E-state index contributed by atoms with van der Waals surface area (Å²) in [4.78, 5) is 11.9. The van der Waals surface area contributed by atoms with E-state index in [1.165, 1.54) is 173 Å². The average Bonchev–Trinajstić information content (AvgIpc) is 2.92. The normalized spacial score (nSPS) is 11.5. The van der Waals surface area contributed by atoms with Crippen molar-refractivity contribution in [3.63, 3.8) is 0 Å². The SMILES string of the molecule is CCCCCCCC/C=C\CCCCCCCCCCCCOC(=O)CCCCCCCCCCCCC. The Morgan fingerprint density at radius 1 is 0.421 bits per heavy atom. The summed E-state index contributed by atoms with van der Waals surface area (Å²) < 4.78 is 5.43. The molecule has 0 spiro atoms. The van der Waals surface area contributed by atoms with Crippen LogP contribution >= 0.6 is 0 Å². The lowest BCUT2D eigenvalue weighted by atomic mass is 10.1. The summed E-state index contributed by atoms with van der Waals surface area (Å²) in [5.74, 6) is 0.0224. The second-order valence-corrected chi connectivity index (χ2v) is 11.9. The van der Waals surface area contributed by atoms with Crippen molar-refractivity contribution < 1.29 is 9.53 Å². The van der Waals surface area contributed by atoms with Gasteiger partial charge in [-0.2, -0.15) is 0 Å².